The normalized spacial score (nSPS) is 10.9. The molecular weight excluding hydrogens is 188 g/mol. The molecule has 0 atom stereocenters. The average molecular weight is 208 g/mol. The quantitative estimate of drug-likeness (QED) is 0.681. The highest BCUT2D eigenvalue weighted by atomic mass is 16.1. The van der Waals surface area contributed by atoms with Crippen molar-refractivity contribution in [3.8, 4) is 0 Å². The van der Waals surface area contributed by atoms with Crippen LogP contribution in [0.2, 0.25) is 0 Å². The molecule has 0 aliphatic heterocycles. The van der Waals surface area contributed by atoms with E-state index in [9.17, 15) is 4.79 Å². The number of pyridine rings is 1. The van der Waals surface area contributed by atoms with E-state index < -0.39 is 0 Å². The molecule has 0 N–H and O–H groups in total. The topological polar surface area (TPSA) is 25.2 Å². The Morgan fingerprint density at radius 3 is 2.60 bits per heavy atom. The maximum absolute atomic E-state index is 11.1. The van der Waals surface area contributed by atoms with Gasteiger partial charge in [0.1, 0.15) is 0 Å². The minimum Gasteiger partial charge on any atom is -0.318 e. The zero-order valence-corrected chi connectivity index (χ0v) is 9.86. The molecule has 84 valence electrons. The Morgan fingerprint density at radius 2 is 2.00 bits per heavy atom. The van der Waals surface area contributed by atoms with E-state index in [0.717, 1.165) is 13.0 Å². The second-order valence-electron chi connectivity index (χ2n) is 4.25. The number of rotatable bonds is 5. The number of hydrogen-bond donors (Lipinski definition) is 0. The Hall–Kier alpha value is -1.09. The van der Waals surface area contributed by atoms with Crippen LogP contribution in [0, 0.1) is 0 Å². The van der Waals surface area contributed by atoms with Gasteiger partial charge in [-0.15, -0.1) is 0 Å². The smallest absolute Gasteiger partial charge is 0.250 e. The lowest BCUT2D eigenvalue weighted by molar-refractivity contribution is 0.394. The van der Waals surface area contributed by atoms with Crippen molar-refractivity contribution in [1.82, 2.24) is 9.47 Å². The number of hydrogen-bond acceptors (Lipinski definition) is 2. The monoisotopic (exact) mass is 208 g/mol. The summed E-state index contributed by atoms with van der Waals surface area (Å²) in [5.41, 5.74) is 1.31. The van der Waals surface area contributed by atoms with Crippen LogP contribution in [0.4, 0.5) is 0 Å². The van der Waals surface area contributed by atoms with Crippen molar-refractivity contribution < 1.29 is 0 Å². The summed E-state index contributed by atoms with van der Waals surface area (Å²) >= 11 is 0. The van der Waals surface area contributed by atoms with Crippen LogP contribution < -0.4 is 5.56 Å². The Labute approximate surface area is 91.3 Å². The van der Waals surface area contributed by atoms with Crippen LogP contribution in [-0.4, -0.2) is 30.1 Å². The first-order valence-corrected chi connectivity index (χ1v) is 5.40. The van der Waals surface area contributed by atoms with Crippen molar-refractivity contribution in [1.29, 1.82) is 0 Å². The Balaban J connectivity index is 2.38. The Morgan fingerprint density at radius 1 is 1.27 bits per heavy atom. The van der Waals surface area contributed by atoms with E-state index >= 15 is 0 Å². The highest BCUT2D eigenvalue weighted by Crippen LogP contribution is 2.02. The largest absolute Gasteiger partial charge is 0.318 e. The molecule has 0 fully saturated rings. The maximum atomic E-state index is 11.1. The van der Waals surface area contributed by atoms with Gasteiger partial charge in [-0.25, -0.2) is 0 Å². The van der Waals surface area contributed by atoms with E-state index in [-0.39, 0.29) is 5.56 Å². The zero-order chi connectivity index (χ0) is 11.3. The van der Waals surface area contributed by atoms with Crippen molar-refractivity contribution in [3.05, 3.63) is 34.2 Å². The van der Waals surface area contributed by atoms with E-state index in [0.29, 0.717) is 0 Å². The number of aromatic nitrogens is 1. The van der Waals surface area contributed by atoms with Gasteiger partial charge in [-0.3, -0.25) is 4.79 Å². The van der Waals surface area contributed by atoms with Crippen molar-refractivity contribution >= 4 is 0 Å². The lowest BCUT2D eigenvalue weighted by atomic mass is 10.1. The number of nitrogens with zero attached hydrogens (tertiary/aromatic N) is 2. The molecule has 0 saturated carbocycles. The van der Waals surface area contributed by atoms with E-state index in [1.165, 1.54) is 18.4 Å². The molecule has 3 heteroatoms. The lowest BCUT2D eigenvalue weighted by Crippen LogP contribution is -2.15. The molecule has 3 nitrogen and oxygen atoms in total. The molecular formula is C12H20N2O. The summed E-state index contributed by atoms with van der Waals surface area (Å²) < 4.78 is 1.64. The molecule has 1 aromatic heterocycles. The number of aryl methyl sites for hydroxylation is 2. The van der Waals surface area contributed by atoms with E-state index in [4.69, 9.17) is 0 Å². The van der Waals surface area contributed by atoms with E-state index in [1.807, 2.05) is 12.3 Å². The van der Waals surface area contributed by atoms with Crippen molar-refractivity contribution in [2.45, 2.75) is 19.3 Å². The predicted octanol–water partition coefficient (Wildman–Crippen LogP) is 1.27. The molecule has 0 spiro atoms. The fourth-order valence-electron chi connectivity index (χ4n) is 1.56. The second kappa shape index (κ2) is 5.71. The van der Waals surface area contributed by atoms with Gasteiger partial charge in [-0.1, -0.05) is 6.07 Å². The van der Waals surface area contributed by atoms with Gasteiger partial charge in [0.2, 0.25) is 5.56 Å². The molecule has 0 radical (unpaired) electrons. The van der Waals surface area contributed by atoms with Crippen LogP contribution in [0.1, 0.15) is 18.4 Å². The van der Waals surface area contributed by atoms with Crippen molar-refractivity contribution in [2.24, 2.45) is 7.05 Å². The molecule has 1 aromatic rings. The van der Waals surface area contributed by atoms with Crippen LogP contribution in [-0.2, 0) is 13.5 Å². The van der Waals surface area contributed by atoms with Crippen LogP contribution >= 0.6 is 0 Å². The third-order valence-corrected chi connectivity index (χ3v) is 2.47. The third kappa shape index (κ3) is 4.30. The molecule has 0 aromatic carbocycles. The van der Waals surface area contributed by atoms with Crippen molar-refractivity contribution in [2.75, 3.05) is 20.6 Å². The van der Waals surface area contributed by atoms with Crippen LogP contribution in [0.15, 0.2) is 23.1 Å². The average Bonchev–Trinajstić information content (AvgIpc) is 2.18. The second-order valence-corrected chi connectivity index (χ2v) is 4.25. The van der Waals surface area contributed by atoms with Crippen molar-refractivity contribution in [3.63, 3.8) is 0 Å². The Kier molecular flexibility index (Phi) is 4.56. The van der Waals surface area contributed by atoms with Crippen LogP contribution in [0.3, 0.4) is 0 Å². The van der Waals surface area contributed by atoms with Crippen LogP contribution in [0.25, 0.3) is 0 Å². The van der Waals surface area contributed by atoms with Gasteiger partial charge < -0.3 is 9.47 Å². The Bertz CT molecular complexity index is 355. The molecule has 1 rings (SSSR count). The van der Waals surface area contributed by atoms with E-state index in [2.05, 4.69) is 19.0 Å². The fraction of sp³-hybridized carbons (Fsp3) is 0.583. The molecule has 15 heavy (non-hydrogen) atoms. The predicted molar refractivity (Wildman–Crippen MR) is 63.2 cm³/mol. The summed E-state index contributed by atoms with van der Waals surface area (Å²) in [6.07, 6.45) is 5.37. The third-order valence-electron chi connectivity index (χ3n) is 2.47. The number of unbranched alkanes of at least 4 members (excludes halogenated alkanes) is 1. The van der Waals surface area contributed by atoms with Gasteiger partial charge in [0.05, 0.1) is 0 Å². The molecule has 0 unspecified atom stereocenters. The summed E-state index contributed by atoms with van der Waals surface area (Å²) in [7, 11) is 5.98. The summed E-state index contributed by atoms with van der Waals surface area (Å²) in [5, 5.41) is 0. The minimum absolute atomic E-state index is 0.0621. The van der Waals surface area contributed by atoms with Gasteiger partial charge in [0.25, 0.3) is 0 Å². The summed E-state index contributed by atoms with van der Waals surface area (Å²) in [6.45, 7) is 1.13. The van der Waals surface area contributed by atoms with Gasteiger partial charge in [-0.2, -0.15) is 0 Å². The fourth-order valence-corrected chi connectivity index (χ4v) is 1.56. The first-order valence-electron chi connectivity index (χ1n) is 5.40. The highest BCUT2D eigenvalue weighted by molar-refractivity contribution is 5.09. The summed E-state index contributed by atoms with van der Waals surface area (Å²) in [5.74, 6) is 0. The van der Waals surface area contributed by atoms with Gasteiger partial charge in [0, 0.05) is 19.3 Å². The molecule has 0 aliphatic rings. The molecule has 0 aliphatic carbocycles. The summed E-state index contributed by atoms with van der Waals surface area (Å²) in [4.78, 5) is 13.3. The standard InChI is InChI=1S/C12H20N2O/c1-13(2)9-5-4-6-11-7-8-12(15)14(3)10-11/h7-8,10H,4-6,9H2,1-3H3. The minimum atomic E-state index is 0.0621. The summed E-state index contributed by atoms with van der Waals surface area (Å²) in [6, 6.07) is 3.57. The van der Waals surface area contributed by atoms with Crippen LogP contribution in [0.5, 0.6) is 0 Å². The highest BCUT2D eigenvalue weighted by Gasteiger charge is 1.96. The van der Waals surface area contributed by atoms with Gasteiger partial charge in [-0.05, 0) is 45.5 Å². The first-order chi connectivity index (χ1) is 7.09. The molecule has 0 bridgehead atoms. The van der Waals surface area contributed by atoms with Gasteiger partial charge in [0.15, 0.2) is 0 Å². The first kappa shape index (κ1) is 12.0. The molecule has 0 saturated heterocycles. The molecule has 1 heterocycles. The van der Waals surface area contributed by atoms with Gasteiger partial charge >= 0.3 is 0 Å². The maximum Gasteiger partial charge on any atom is 0.250 e. The van der Waals surface area contributed by atoms with E-state index in [1.54, 1.807) is 17.7 Å². The SMILES string of the molecule is CN(C)CCCCc1ccc(=O)n(C)c1. The molecule has 0 amide bonds. The lowest BCUT2D eigenvalue weighted by Gasteiger charge is -2.08. The zero-order valence-electron chi connectivity index (χ0n) is 9.86.